The second kappa shape index (κ2) is 4.08. The van der Waals surface area contributed by atoms with Crippen LogP contribution in [0, 0.1) is 5.92 Å². The fourth-order valence-electron chi connectivity index (χ4n) is 2.03. The summed E-state index contributed by atoms with van der Waals surface area (Å²) < 4.78 is 0. The van der Waals surface area contributed by atoms with E-state index in [0.717, 1.165) is 12.4 Å². The van der Waals surface area contributed by atoms with Gasteiger partial charge in [0.15, 0.2) is 11.5 Å². The Bertz CT molecular complexity index is 389. The van der Waals surface area contributed by atoms with Crippen molar-refractivity contribution in [1.29, 1.82) is 0 Å². The fraction of sp³-hybridized carbons (Fsp3) is 0.545. The van der Waals surface area contributed by atoms with Crippen molar-refractivity contribution in [3.63, 3.8) is 0 Å². The molecule has 2 atom stereocenters. The Morgan fingerprint density at radius 2 is 2.19 bits per heavy atom. The number of aromatic nitrogens is 2. The molecule has 1 aliphatic rings. The average molecular weight is 220 g/mol. The molecule has 0 aliphatic carbocycles. The zero-order chi connectivity index (χ0) is 11.7. The van der Waals surface area contributed by atoms with Gasteiger partial charge in [-0.15, -0.1) is 10.2 Å². The largest absolute Gasteiger partial charge is 0.364 e. The Balaban J connectivity index is 2.19. The van der Waals surface area contributed by atoms with E-state index in [1.54, 1.807) is 6.07 Å². The predicted molar refractivity (Wildman–Crippen MR) is 61.1 cm³/mol. The number of hydrogen-bond acceptors (Lipinski definition) is 4. The molecule has 2 N–H and O–H groups in total. The van der Waals surface area contributed by atoms with E-state index in [2.05, 4.69) is 28.9 Å². The van der Waals surface area contributed by atoms with Crippen molar-refractivity contribution in [3.8, 4) is 0 Å². The molecule has 1 aromatic heterocycles. The second-order valence-electron chi connectivity index (χ2n) is 4.34. The highest BCUT2D eigenvalue weighted by atomic mass is 16.1. The van der Waals surface area contributed by atoms with Crippen LogP contribution in [-0.4, -0.2) is 28.7 Å². The normalized spacial score (nSPS) is 24.8. The highest BCUT2D eigenvalue weighted by Gasteiger charge is 2.28. The number of nitrogens with two attached hydrogens (primary N) is 1. The van der Waals surface area contributed by atoms with Crippen molar-refractivity contribution < 1.29 is 4.79 Å². The minimum absolute atomic E-state index is 0.212. The molecule has 2 rings (SSSR count). The number of nitrogens with zero attached hydrogens (tertiary/aromatic N) is 3. The van der Waals surface area contributed by atoms with Crippen LogP contribution in [0.25, 0.3) is 0 Å². The first-order chi connectivity index (χ1) is 7.59. The summed E-state index contributed by atoms with van der Waals surface area (Å²) in [7, 11) is 0. The van der Waals surface area contributed by atoms with Crippen molar-refractivity contribution in [3.05, 3.63) is 17.8 Å². The van der Waals surface area contributed by atoms with Crippen LogP contribution in [0.4, 0.5) is 5.82 Å². The number of hydrogen-bond donors (Lipinski definition) is 1. The van der Waals surface area contributed by atoms with Crippen molar-refractivity contribution in [2.75, 3.05) is 11.4 Å². The van der Waals surface area contributed by atoms with Crippen LogP contribution in [0.15, 0.2) is 12.1 Å². The molecule has 5 nitrogen and oxygen atoms in total. The van der Waals surface area contributed by atoms with E-state index in [1.165, 1.54) is 6.42 Å². The zero-order valence-electron chi connectivity index (χ0n) is 9.55. The quantitative estimate of drug-likeness (QED) is 0.800. The Kier molecular flexibility index (Phi) is 2.77. The van der Waals surface area contributed by atoms with Gasteiger partial charge in [0.1, 0.15) is 0 Å². The summed E-state index contributed by atoms with van der Waals surface area (Å²) >= 11 is 0. The smallest absolute Gasteiger partial charge is 0.269 e. The number of carbonyl (C=O) groups is 1. The molecule has 0 saturated carbocycles. The Labute approximate surface area is 94.6 Å². The third-order valence-corrected chi connectivity index (χ3v) is 3.34. The standard InChI is InChI=1S/C11H16N4O/c1-7-5-6-15(8(7)2)10-4-3-9(11(12)16)13-14-10/h3-4,7-8H,5-6H2,1-2H3,(H2,12,16). The second-order valence-corrected chi connectivity index (χ2v) is 4.34. The van der Waals surface area contributed by atoms with Gasteiger partial charge < -0.3 is 10.6 Å². The van der Waals surface area contributed by atoms with E-state index in [-0.39, 0.29) is 5.69 Å². The Morgan fingerprint density at radius 1 is 1.44 bits per heavy atom. The van der Waals surface area contributed by atoms with Gasteiger partial charge in [-0.25, -0.2) is 0 Å². The Hall–Kier alpha value is -1.65. The van der Waals surface area contributed by atoms with E-state index in [0.29, 0.717) is 12.0 Å². The summed E-state index contributed by atoms with van der Waals surface area (Å²) in [6.45, 7) is 5.41. The molecule has 2 heterocycles. The summed E-state index contributed by atoms with van der Waals surface area (Å²) in [6, 6.07) is 3.90. The Morgan fingerprint density at radius 3 is 2.62 bits per heavy atom. The van der Waals surface area contributed by atoms with E-state index in [1.807, 2.05) is 6.07 Å². The summed E-state index contributed by atoms with van der Waals surface area (Å²) in [6.07, 6.45) is 1.17. The molecule has 0 radical (unpaired) electrons. The van der Waals surface area contributed by atoms with Gasteiger partial charge in [-0.1, -0.05) is 6.92 Å². The molecular weight excluding hydrogens is 204 g/mol. The molecule has 86 valence electrons. The third-order valence-electron chi connectivity index (χ3n) is 3.34. The van der Waals surface area contributed by atoms with Gasteiger partial charge in [0.25, 0.3) is 5.91 Å². The van der Waals surface area contributed by atoms with Crippen molar-refractivity contribution in [1.82, 2.24) is 10.2 Å². The molecule has 0 spiro atoms. The van der Waals surface area contributed by atoms with Crippen LogP contribution in [0.5, 0.6) is 0 Å². The van der Waals surface area contributed by atoms with E-state index >= 15 is 0 Å². The minimum Gasteiger partial charge on any atom is -0.364 e. The summed E-state index contributed by atoms with van der Waals surface area (Å²) in [5, 5.41) is 7.86. The van der Waals surface area contributed by atoms with Crippen LogP contribution in [0.2, 0.25) is 0 Å². The summed E-state index contributed by atoms with van der Waals surface area (Å²) in [5.41, 5.74) is 5.32. The minimum atomic E-state index is -0.540. The molecule has 16 heavy (non-hydrogen) atoms. The molecule has 0 aromatic carbocycles. The van der Waals surface area contributed by atoms with Crippen LogP contribution < -0.4 is 10.6 Å². The van der Waals surface area contributed by atoms with Gasteiger partial charge in [-0.3, -0.25) is 4.79 Å². The first-order valence-corrected chi connectivity index (χ1v) is 5.50. The van der Waals surface area contributed by atoms with Gasteiger partial charge in [0.05, 0.1) is 0 Å². The van der Waals surface area contributed by atoms with Crippen LogP contribution >= 0.6 is 0 Å². The van der Waals surface area contributed by atoms with Gasteiger partial charge in [0.2, 0.25) is 0 Å². The predicted octanol–water partition coefficient (Wildman–Crippen LogP) is 0.810. The molecular formula is C11H16N4O. The number of anilines is 1. The van der Waals surface area contributed by atoms with E-state index in [9.17, 15) is 4.79 Å². The molecule has 1 aliphatic heterocycles. The molecule has 2 unspecified atom stereocenters. The van der Waals surface area contributed by atoms with E-state index < -0.39 is 5.91 Å². The molecule has 1 aromatic rings. The van der Waals surface area contributed by atoms with Gasteiger partial charge in [-0.05, 0) is 31.4 Å². The van der Waals surface area contributed by atoms with Crippen molar-refractivity contribution >= 4 is 11.7 Å². The lowest BCUT2D eigenvalue weighted by atomic mass is 10.1. The lowest BCUT2D eigenvalue weighted by Gasteiger charge is -2.23. The van der Waals surface area contributed by atoms with Crippen molar-refractivity contribution in [2.45, 2.75) is 26.3 Å². The average Bonchev–Trinajstić information content (AvgIpc) is 2.60. The lowest BCUT2D eigenvalue weighted by Crippen LogP contribution is -2.30. The topological polar surface area (TPSA) is 72.1 Å². The van der Waals surface area contributed by atoms with Crippen LogP contribution in [0.1, 0.15) is 30.8 Å². The third kappa shape index (κ3) is 1.85. The number of amides is 1. The van der Waals surface area contributed by atoms with Gasteiger partial charge in [0, 0.05) is 12.6 Å². The molecule has 1 saturated heterocycles. The first-order valence-electron chi connectivity index (χ1n) is 5.50. The molecule has 1 fully saturated rings. The highest BCUT2D eigenvalue weighted by Crippen LogP contribution is 2.27. The SMILES string of the molecule is CC1CCN(c2ccc(C(N)=O)nn2)C1C. The highest BCUT2D eigenvalue weighted by molar-refractivity contribution is 5.90. The molecule has 0 bridgehead atoms. The maximum absolute atomic E-state index is 10.9. The number of rotatable bonds is 2. The summed E-state index contributed by atoms with van der Waals surface area (Å²) in [4.78, 5) is 13.1. The molecule has 1 amide bonds. The number of primary amides is 1. The first kappa shape index (κ1) is 10.9. The van der Waals surface area contributed by atoms with Gasteiger partial charge >= 0.3 is 0 Å². The summed E-state index contributed by atoms with van der Waals surface area (Å²) in [5.74, 6) is 0.946. The van der Waals surface area contributed by atoms with E-state index in [4.69, 9.17) is 5.73 Å². The zero-order valence-corrected chi connectivity index (χ0v) is 9.55. The maximum Gasteiger partial charge on any atom is 0.269 e. The fourth-order valence-corrected chi connectivity index (χ4v) is 2.03. The lowest BCUT2D eigenvalue weighted by molar-refractivity contribution is 0.0994. The van der Waals surface area contributed by atoms with Gasteiger partial charge in [-0.2, -0.15) is 0 Å². The maximum atomic E-state index is 10.9. The van der Waals surface area contributed by atoms with Crippen molar-refractivity contribution in [2.24, 2.45) is 11.7 Å². The monoisotopic (exact) mass is 220 g/mol. The molecule has 5 heteroatoms. The number of carbonyl (C=O) groups excluding carboxylic acids is 1. The van der Waals surface area contributed by atoms with Crippen LogP contribution in [-0.2, 0) is 0 Å². The van der Waals surface area contributed by atoms with Crippen LogP contribution in [0.3, 0.4) is 0 Å².